The number of amides is 1. The van der Waals surface area contributed by atoms with Crippen LogP contribution in [0.25, 0.3) is 0 Å². The summed E-state index contributed by atoms with van der Waals surface area (Å²) >= 11 is 0. The summed E-state index contributed by atoms with van der Waals surface area (Å²) in [5.74, 6) is 2.24. The summed E-state index contributed by atoms with van der Waals surface area (Å²) < 4.78 is 5.95. The van der Waals surface area contributed by atoms with Gasteiger partial charge in [-0.15, -0.1) is 12.4 Å². The highest BCUT2D eigenvalue weighted by molar-refractivity contribution is 5.85. The van der Waals surface area contributed by atoms with Crippen LogP contribution in [0.3, 0.4) is 0 Å². The Morgan fingerprint density at radius 2 is 1.93 bits per heavy atom. The zero-order valence-corrected chi connectivity index (χ0v) is 17.3. The summed E-state index contributed by atoms with van der Waals surface area (Å²) in [6, 6.07) is 12.7. The maximum atomic E-state index is 12.5. The first-order valence-electron chi connectivity index (χ1n) is 9.68. The van der Waals surface area contributed by atoms with Crippen molar-refractivity contribution in [3.05, 3.63) is 59.0 Å². The van der Waals surface area contributed by atoms with E-state index in [-0.39, 0.29) is 18.3 Å². The van der Waals surface area contributed by atoms with Gasteiger partial charge in [-0.05, 0) is 57.0 Å². The largest absolute Gasteiger partial charge is 0.463 e. The Hall–Kier alpha value is -1.78. The molecule has 0 spiro atoms. The summed E-state index contributed by atoms with van der Waals surface area (Å²) in [4.78, 5) is 16.6. The quantitative estimate of drug-likeness (QED) is 0.625. The van der Waals surface area contributed by atoms with E-state index in [1.54, 1.807) is 0 Å². The van der Waals surface area contributed by atoms with Gasteiger partial charge in [-0.3, -0.25) is 4.79 Å². The van der Waals surface area contributed by atoms with Gasteiger partial charge in [0.05, 0.1) is 13.1 Å². The van der Waals surface area contributed by atoms with Crippen LogP contribution in [-0.2, 0) is 30.7 Å². The second-order valence-corrected chi connectivity index (χ2v) is 7.51. The summed E-state index contributed by atoms with van der Waals surface area (Å²) in [6.07, 6.45) is 5.88. The molecule has 1 aromatic heterocycles. The molecular weight excluding hydrogens is 360 g/mol. The molecule has 2 aromatic rings. The number of furan rings is 1. The van der Waals surface area contributed by atoms with Crippen LogP contribution < -0.4 is 0 Å². The molecule has 2 heterocycles. The molecule has 4 nitrogen and oxygen atoms in total. The van der Waals surface area contributed by atoms with Crippen molar-refractivity contribution < 1.29 is 9.21 Å². The minimum absolute atomic E-state index is 0. The number of hydrogen-bond acceptors (Lipinski definition) is 3. The zero-order valence-electron chi connectivity index (χ0n) is 16.4. The highest BCUT2D eigenvalue weighted by atomic mass is 35.5. The number of rotatable bonds is 8. The van der Waals surface area contributed by atoms with Crippen molar-refractivity contribution in [2.45, 2.75) is 51.6 Å². The standard InChI is InChI=1S/C22H30N2O2.ClH/c1-23(2)16-20-15-19-13-14-24(17-21(19)26-20)22(25)12-8-4-7-11-18-9-5-3-6-10-18;/h3,5-6,9-10,15H,4,7-8,11-14,16-17H2,1-2H3;1H. The first-order chi connectivity index (χ1) is 12.6. The number of carbonyl (C=O) groups excluding carboxylic acids is 1. The topological polar surface area (TPSA) is 36.7 Å². The van der Waals surface area contributed by atoms with Crippen LogP contribution >= 0.6 is 12.4 Å². The minimum atomic E-state index is 0. The lowest BCUT2D eigenvalue weighted by Gasteiger charge is -2.26. The Morgan fingerprint density at radius 1 is 1.15 bits per heavy atom. The van der Waals surface area contributed by atoms with Crippen LogP contribution in [0.15, 0.2) is 40.8 Å². The third kappa shape index (κ3) is 6.40. The highest BCUT2D eigenvalue weighted by Gasteiger charge is 2.23. The number of nitrogens with zero attached hydrogens (tertiary/aromatic N) is 2. The molecule has 0 unspecified atom stereocenters. The molecule has 0 N–H and O–H groups in total. The van der Waals surface area contributed by atoms with Crippen LogP contribution in [0.1, 0.15) is 48.3 Å². The van der Waals surface area contributed by atoms with Crippen molar-refractivity contribution in [3.63, 3.8) is 0 Å². The van der Waals surface area contributed by atoms with Crippen molar-refractivity contribution in [1.29, 1.82) is 0 Å². The Balaban J connectivity index is 0.00000261. The molecule has 5 heteroatoms. The first kappa shape index (κ1) is 21.5. The van der Waals surface area contributed by atoms with Crippen molar-refractivity contribution in [2.24, 2.45) is 0 Å². The van der Waals surface area contributed by atoms with E-state index in [1.807, 2.05) is 19.0 Å². The van der Waals surface area contributed by atoms with E-state index >= 15 is 0 Å². The van der Waals surface area contributed by atoms with Crippen LogP contribution in [-0.4, -0.2) is 36.3 Å². The minimum Gasteiger partial charge on any atom is -0.463 e. The van der Waals surface area contributed by atoms with Gasteiger partial charge < -0.3 is 14.2 Å². The predicted molar refractivity (Wildman–Crippen MR) is 111 cm³/mol. The molecule has 1 aromatic carbocycles. The Labute approximate surface area is 168 Å². The molecule has 1 amide bonds. The molecule has 148 valence electrons. The van der Waals surface area contributed by atoms with Crippen LogP contribution in [0.5, 0.6) is 0 Å². The van der Waals surface area contributed by atoms with Crippen molar-refractivity contribution in [3.8, 4) is 0 Å². The van der Waals surface area contributed by atoms with Crippen molar-refractivity contribution in [1.82, 2.24) is 9.80 Å². The maximum Gasteiger partial charge on any atom is 0.222 e. The van der Waals surface area contributed by atoms with E-state index in [0.29, 0.717) is 13.0 Å². The third-order valence-electron chi connectivity index (χ3n) is 4.96. The normalized spacial score (nSPS) is 13.4. The van der Waals surface area contributed by atoms with E-state index in [1.165, 1.54) is 11.1 Å². The van der Waals surface area contributed by atoms with Crippen LogP contribution in [0.2, 0.25) is 0 Å². The fraction of sp³-hybridized carbons (Fsp3) is 0.500. The number of aryl methyl sites for hydroxylation is 1. The molecule has 27 heavy (non-hydrogen) atoms. The number of carbonyl (C=O) groups is 1. The lowest BCUT2D eigenvalue weighted by Crippen LogP contribution is -2.35. The van der Waals surface area contributed by atoms with Crippen molar-refractivity contribution >= 4 is 18.3 Å². The van der Waals surface area contributed by atoms with Gasteiger partial charge in [-0.25, -0.2) is 0 Å². The van der Waals surface area contributed by atoms with Gasteiger partial charge in [0, 0.05) is 13.0 Å². The van der Waals surface area contributed by atoms with Gasteiger partial charge in [-0.2, -0.15) is 0 Å². The molecule has 1 aliphatic heterocycles. The average molecular weight is 391 g/mol. The molecule has 0 saturated carbocycles. The van der Waals surface area contributed by atoms with Crippen LogP contribution in [0.4, 0.5) is 0 Å². The zero-order chi connectivity index (χ0) is 18.4. The lowest BCUT2D eigenvalue weighted by atomic mass is 10.0. The van der Waals surface area contributed by atoms with Gasteiger partial charge in [0.1, 0.15) is 11.5 Å². The van der Waals surface area contributed by atoms with E-state index in [9.17, 15) is 4.79 Å². The molecule has 0 atom stereocenters. The molecule has 3 rings (SSSR count). The van der Waals surface area contributed by atoms with Crippen LogP contribution in [0, 0.1) is 0 Å². The molecule has 1 aliphatic rings. The molecule has 0 fully saturated rings. The van der Waals surface area contributed by atoms with Gasteiger partial charge in [0.25, 0.3) is 0 Å². The number of fused-ring (bicyclic) bond motifs is 1. The predicted octanol–water partition coefficient (Wildman–Crippen LogP) is 4.45. The first-order valence-corrected chi connectivity index (χ1v) is 9.68. The number of halogens is 1. The number of benzene rings is 1. The van der Waals surface area contributed by atoms with E-state index in [4.69, 9.17) is 4.42 Å². The van der Waals surface area contributed by atoms with Gasteiger partial charge in [0.15, 0.2) is 0 Å². The lowest BCUT2D eigenvalue weighted by molar-refractivity contribution is -0.132. The maximum absolute atomic E-state index is 12.5. The van der Waals surface area contributed by atoms with E-state index < -0.39 is 0 Å². The summed E-state index contributed by atoms with van der Waals surface area (Å²) in [6.45, 7) is 2.25. The van der Waals surface area contributed by atoms with E-state index in [2.05, 4.69) is 41.3 Å². The summed E-state index contributed by atoms with van der Waals surface area (Å²) in [5, 5.41) is 0. The summed E-state index contributed by atoms with van der Waals surface area (Å²) in [5.41, 5.74) is 2.66. The SMILES string of the molecule is CN(C)Cc1cc2c(o1)CN(C(=O)CCCCCc1ccccc1)CC2.Cl. The second kappa shape index (κ2) is 10.5. The fourth-order valence-electron chi connectivity index (χ4n) is 3.57. The Bertz CT molecular complexity index is 712. The monoisotopic (exact) mass is 390 g/mol. The Kier molecular flexibility index (Phi) is 8.39. The van der Waals surface area contributed by atoms with Gasteiger partial charge >= 0.3 is 0 Å². The third-order valence-corrected chi connectivity index (χ3v) is 4.96. The summed E-state index contributed by atoms with van der Waals surface area (Å²) in [7, 11) is 4.07. The molecule has 0 saturated heterocycles. The smallest absolute Gasteiger partial charge is 0.222 e. The fourth-order valence-corrected chi connectivity index (χ4v) is 3.57. The average Bonchev–Trinajstić information content (AvgIpc) is 3.02. The van der Waals surface area contributed by atoms with Crippen molar-refractivity contribution in [2.75, 3.05) is 20.6 Å². The number of unbranched alkanes of at least 4 members (excludes halogenated alkanes) is 2. The van der Waals surface area contributed by atoms with Gasteiger partial charge in [-0.1, -0.05) is 36.8 Å². The molecular formula is C22H31ClN2O2. The second-order valence-electron chi connectivity index (χ2n) is 7.51. The highest BCUT2D eigenvalue weighted by Crippen LogP contribution is 2.24. The molecule has 0 aliphatic carbocycles. The molecule has 0 bridgehead atoms. The molecule has 0 radical (unpaired) electrons. The Morgan fingerprint density at radius 3 is 2.67 bits per heavy atom. The van der Waals surface area contributed by atoms with Gasteiger partial charge in [0.2, 0.25) is 5.91 Å². The number of hydrogen-bond donors (Lipinski definition) is 0. The van der Waals surface area contributed by atoms with E-state index in [0.717, 1.165) is 56.7 Å².